The first-order valence-electron chi connectivity index (χ1n) is 11.4. The molecule has 2 aromatic carbocycles. The molecular formula is C26H24N6O. The highest BCUT2D eigenvalue weighted by Crippen LogP contribution is 2.43. The summed E-state index contributed by atoms with van der Waals surface area (Å²) in [5, 5.41) is 16.0. The summed E-state index contributed by atoms with van der Waals surface area (Å²) in [6.45, 7) is 0.871. The predicted molar refractivity (Wildman–Crippen MR) is 124 cm³/mol. The maximum Gasteiger partial charge on any atom is 0.227 e. The molecule has 1 N–H and O–H groups in total. The van der Waals surface area contributed by atoms with E-state index in [9.17, 15) is 4.79 Å². The molecule has 2 fully saturated rings. The molecule has 0 saturated carbocycles. The molecule has 0 spiro atoms. The average Bonchev–Trinajstić information content (AvgIpc) is 3.63. The van der Waals surface area contributed by atoms with Crippen molar-refractivity contribution in [3.8, 4) is 17.2 Å². The van der Waals surface area contributed by atoms with E-state index in [1.807, 2.05) is 36.9 Å². The number of H-pyrrole nitrogens is 1. The highest BCUT2D eigenvalue weighted by molar-refractivity contribution is 5.82. The third-order valence-electron chi connectivity index (χ3n) is 7.25. The zero-order chi connectivity index (χ0) is 22.4. The van der Waals surface area contributed by atoms with Crippen LogP contribution in [0.3, 0.4) is 0 Å². The second-order valence-corrected chi connectivity index (χ2v) is 9.17. The maximum absolute atomic E-state index is 13.2. The van der Waals surface area contributed by atoms with Crippen molar-refractivity contribution in [1.82, 2.24) is 24.6 Å². The van der Waals surface area contributed by atoms with Crippen LogP contribution in [0.2, 0.25) is 0 Å². The Morgan fingerprint density at radius 3 is 2.97 bits per heavy atom. The largest absolute Gasteiger partial charge is 0.336 e. The van der Waals surface area contributed by atoms with E-state index in [2.05, 4.69) is 48.9 Å². The maximum atomic E-state index is 13.2. The number of nitrogens with zero attached hydrogens (tertiary/aromatic N) is 5. The summed E-state index contributed by atoms with van der Waals surface area (Å²) in [4.78, 5) is 20.0. The molecule has 2 aliphatic heterocycles. The molecule has 2 unspecified atom stereocenters. The van der Waals surface area contributed by atoms with Crippen molar-refractivity contribution in [2.75, 3.05) is 0 Å². The number of hydrogen-bond donors (Lipinski definition) is 1. The van der Waals surface area contributed by atoms with Gasteiger partial charge in [-0.3, -0.25) is 9.89 Å². The number of rotatable bonds is 5. The number of nitriles is 1. The minimum absolute atomic E-state index is 0.181. The number of carbonyl (C=O) groups is 1. The Morgan fingerprint density at radius 2 is 2.12 bits per heavy atom. The normalized spacial score (nSPS) is 21.5. The fraction of sp³-hybridized carbons (Fsp3) is 0.308. The van der Waals surface area contributed by atoms with Crippen molar-refractivity contribution in [3.05, 3.63) is 72.3 Å². The minimum atomic E-state index is 0.181. The van der Waals surface area contributed by atoms with Crippen molar-refractivity contribution in [3.63, 3.8) is 0 Å². The number of benzene rings is 2. The lowest BCUT2D eigenvalue weighted by molar-refractivity contribution is -0.131. The van der Waals surface area contributed by atoms with Gasteiger partial charge in [-0.25, -0.2) is 4.98 Å². The van der Waals surface area contributed by atoms with E-state index < -0.39 is 0 Å². The van der Waals surface area contributed by atoms with Gasteiger partial charge in [-0.2, -0.15) is 10.4 Å². The van der Waals surface area contributed by atoms with Gasteiger partial charge in [0, 0.05) is 30.4 Å². The van der Waals surface area contributed by atoms with E-state index >= 15 is 0 Å². The summed E-state index contributed by atoms with van der Waals surface area (Å²) in [7, 11) is 0. The van der Waals surface area contributed by atoms with Crippen LogP contribution in [0.15, 0.2) is 61.2 Å². The lowest BCUT2D eigenvalue weighted by atomic mass is 9.89. The van der Waals surface area contributed by atoms with Crippen LogP contribution in [0.4, 0.5) is 0 Å². The molecule has 33 heavy (non-hydrogen) atoms. The monoisotopic (exact) mass is 436 g/mol. The topological polar surface area (TPSA) is 90.6 Å². The first-order chi connectivity index (χ1) is 16.2. The van der Waals surface area contributed by atoms with Gasteiger partial charge >= 0.3 is 0 Å². The molecule has 6 rings (SSSR count). The van der Waals surface area contributed by atoms with Crippen molar-refractivity contribution in [2.45, 2.75) is 44.3 Å². The van der Waals surface area contributed by atoms with Crippen LogP contribution < -0.4 is 0 Å². The van der Waals surface area contributed by atoms with Crippen molar-refractivity contribution < 1.29 is 4.79 Å². The summed E-state index contributed by atoms with van der Waals surface area (Å²) in [6.07, 6.45) is 9.18. The highest BCUT2D eigenvalue weighted by atomic mass is 16.2. The van der Waals surface area contributed by atoms with Gasteiger partial charge in [0.2, 0.25) is 5.91 Å². The Hall–Kier alpha value is -3.92. The molecule has 7 nitrogen and oxygen atoms in total. The minimum Gasteiger partial charge on any atom is -0.336 e. The van der Waals surface area contributed by atoms with Crippen LogP contribution in [-0.2, 0) is 17.8 Å². The van der Waals surface area contributed by atoms with Crippen LogP contribution in [0.1, 0.15) is 30.4 Å². The second kappa shape index (κ2) is 7.89. The number of amides is 1. The smallest absolute Gasteiger partial charge is 0.227 e. The Labute approximate surface area is 191 Å². The molecule has 3 atom stereocenters. The third kappa shape index (κ3) is 3.48. The number of aromatic nitrogens is 4. The molecule has 2 bridgehead atoms. The number of hydrogen-bond acceptors (Lipinski definition) is 4. The summed E-state index contributed by atoms with van der Waals surface area (Å²) in [5.74, 6) is 0.615. The number of carbonyl (C=O) groups excluding carboxylic acids is 1. The molecule has 0 aliphatic carbocycles. The van der Waals surface area contributed by atoms with E-state index in [0.717, 1.165) is 53.5 Å². The van der Waals surface area contributed by atoms with Gasteiger partial charge in [-0.1, -0.05) is 18.2 Å². The number of fused-ring (bicyclic) bond motifs is 3. The van der Waals surface area contributed by atoms with Crippen molar-refractivity contribution in [1.29, 1.82) is 5.26 Å². The summed E-state index contributed by atoms with van der Waals surface area (Å²) >= 11 is 0. The standard InChI is InChI=1S/C26H24N6O/c27-12-18-3-1-2-17(8-18)9-26(33)32-22-5-7-24(32)20(10-22)15-31-16-28-23-11-19(4-6-25(23)31)21-13-29-30-14-21/h1-4,6,8,11,13-14,16,20,22,24H,5,7,9-10,15H2,(H,29,30)/t20?,22?,24-/m0/s1. The fourth-order valence-electron chi connectivity index (χ4n) is 5.76. The lowest BCUT2D eigenvalue weighted by Gasteiger charge is -2.25. The second-order valence-electron chi connectivity index (χ2n) is 9.17. The Kier molecular flexibility index (Phi) is 4.72. The van der Waals surface area contributed by atoms with E-state index in [1.165, 1.54) is 0 Å². The van der Waals surface area contributed by atoms with Gasteiger partial charge in [-0.15, -0.1) is 0 Å². The molecular weight excluding hydrogens is 412 g/mol. The van der Waals surface area contributed by atoms with Gasteiger partial charge in [0.15, 0.2) is 0 Å². The molecule has 2 aromatic heterocycles. The number of nitrogens with one attached hydrogen (secondary N) is 1. The van der Waals surface area contributed by atoms with Crippen LogP contribution in [0.5, 0.6) is 0 Å². The van der Waals surface area contributed by atoms with E-state index in [-0.39, 0.29) is 11.9 Å². The molecule has 2 aliphatic rings. The first-order valence-corrected chi connectivity index (χ1v) is 11.4. The molecule has 4 aromatic rings. The summed E-state index contributed by atoms with van der Waals surface area (Å²) in [6, 6.07) is 16.5. The molecule has 2 saturated heterocycles. The van der Waals surface area contributed by atoms with Crippen LogP contribution >= 0.6 is 0 Å². The van der Waals surface area contributed by atoms with Gasteiger partial charge < -0.3 is 9.47 Å². The van der Waals surface area contributed by atoms with Gasteiger partial charge in [0.1, 0.15) is 0 Å². The summed E-state index contributed by atoms with van der Waals surface area (Å²) in [5.41, 5.74) is 5.76. The van der Waals surface area contributed by atoms with E-state index in [0.29, 0.717) is 23.9 Å². The molecule has 0 radical (unpaired) electrons. The Balaban J connectivity index is 1.19. The predicted octanol–water partition coefficient (Wildman–Crippen LogP) is 3.92. The van der Waals surface area contributed by atoms with Gasteiger partial charge in [0.05, 0.1) is 41.6 Å². The molecule has 1 amide bonds. The van der Waals surface area contributed by atoms with Gasteiger partial charge in [-0.05, 0) is 60.6 Å². The molecule has 4 heterocycles. The number of imidazole rings is 1. The van der Waals surface area contributed by atoms with E-state index in [4.69, 9.17) is 5.26 Å². The van der Waals surface area contributed by atoms with Crippen molar-refractivity contribution >= 4 is 16.9 Å². The average molecular weight is 437 g/mol. The van der Waals surface area contributed by atoms with Crippen LogP contribution in [-0.4, -0.2) is 42.6 Å². The molecule has 164 valence electrons. The van der Waals surface area contributed by atoms with Crippen LogP contribution in [0, 0.1) is 17.2 Å². The highest BCUT2D eigenvalue weighted by Gasteiger charge is 2.48. The Bertz CT molecular complexity index is 1370. The first kappa shape index (κ1) is 19.7. The fourth-order valence-corrected chi connectivity index (χ4v) is 5.76. The van der Waals surface area contributed by atoms with Crippen LogP contribution in [0.25, 0.3) is 22.2 Å². The third-order valence-corrected chi connectivity index (χ3v) is 7.25. The van der Waals surface area contributed by atoms with Crippen molar-refractivity contribution in [2.24, 2.45) is 5.92 Å². The van der Waals surface area contributed by atoms with E-state index in [1.54, 1.807) is 6.07 Å². The zero-order valence-corrected chi connectivity index (χ0v) is 18.2. The van der Waals surface area contributed by atoms with Gasteiger partial charge in [0.25, 0.3) is 0 Å². The zero-order valence-electron chi connectivity index (χ0n) is 18.2. The lowest BCUT2D eigenvalue weighted by Crippen LogP contribution is -2.38. The summed E-state index contributed by atoms with van der Waals surface area (Å²) < 4.78 is 2.24. The number of aromatic amines is 1. The quantitative estimate of drug-likeness (QED) is 0.513. The molecule has 7 heteroatoms. The SMILES string of the molecule is N#Cc1cccc(CC(=O)N2C3CC[C@H]2C(Cn2cnc4cc(-c5cn[nH]c5)ccc42)C3)c1. The Morgan fingerprint density at radius 1 is 1.18 bits per heavy atom.